The van der Waals surface area contributed by atoms with Crippen LogP contribution >= 0.6 is 0 Å². The summed E-state index contributed by atoms with van der Waals surface area (Å²) in [7, 11) is -1.84. The summed E-state index contributed by atoms with van der Waals surface area (Å²) in [5.41, 5.74) is 5.76. The van der Waals surface area contributed by atoms with Gasteiger partial charge in [0.2, 0.25) is 0 Å². The zero-order chi connectivity index (χ0) is 11.5. The van der Waals surface area contributed by atoms with Gasteiger partial charge >= 0.3 is 0 Å². The maximum atomic E-state index is 11.7. The Labute approximate surface area is 90.9 Å². The molecule has 7 heteroatoms. The van der Waals surface area contributed by atoms with E-state index in [1.54, 1.807) is 0 Å². The lowest BCUT2D eigenvalue weighted by Gasteiger charge is -2.16. The molecule has 1 aliphatic rings. The molecule has 0 spiro atoms. The maximum absolute atomic E-state index is 11.7. The van der Waals surface area contributed by atoms with Gasteiger partial charge in [-0.1, -0.05) is 6.92 Å². The van der Waals surface area contributed by atoms with Gasteiger partial charge < -0.3 is 10.5 Å². The number of rotatable bonds is 5. The Kier molecular flexibility index (Phi) is 4.47. The van der Waals surface area contributed by atoms with Gasteiger partial charge in [-0.05, 0) is 5.92 Å². The Morgan fingerprint density at radius 2 is 2.20 bits per heavy atom. The van der Waals surface area contributed by atoms with Crippen LogP contribution in [0, 0.1) is 5.92 Å². The van der Waals surface area contributed by atoms with Crippen molar-refractivity contribution in [3.8, 4) is 0 Å². The van der Waals surface area contributed by atoms with Crippen LogP contribution < -0.4 is 10.5 Å². The van der Waals surface area contributed by atoms with Crippen LogP contribution in [0.15, 0.2) is 0 Å². The molecule has 0 saturated carbocycles. The number of hydrogen-bond donors (Lipinski definition) is 2. The lowest BCUT2D eigenvalue weighted by molar-refractivity contribution is 0.204. The van der Waals surface area contributed by atoms with Crippen LogP contribution in [-0.2, 0) is 14.9 Å². The highest BCUT2D eigenvalue weighted by Gasteiger charge is 2.33. The SMILES string of the molecule is COCCNS(=O)(=O)N1CC(C)C(N)C1. The van der Waals surface area contributed by atoms with Crippen LogP contribution in [0.3, 0.4) is 0 Å². The molecule has 0 bridgehead atoms. The first-order valence-corrected chi connectivity index (χ1v) is 6.40. The summed E-state index contributed by atoms with van der Waals surface area (Å²) in [6.07, 6.45) is 0. The molecule has 90 valence electrons. The fourth-order valence-electron chi connectivity index (χ4n) is 1.51. The molecule has 2 unspecified atom stereocenters. The van der Waals surface area contributed by atoms with E-state index in [0.717, 1.165) is 0 Å². The monoisotopic (exact) mass is 237 g/mol. The molecule has 1 fully saturated rings. The normalized spacial score (nSPS) is 28.5. The second-order valence-electron chi connectivity index (χ2n) is 3.85. The van der Waals surface area contributed by atoms with Gasteiger partial charge in [-0.15, -0.1) is 0 Å². The smallest absolute Gasteiger partial charge is 0.279 e. The average Bonchev–Trinajstić information content (AvgIpc) is 2.48. The van der Waals surface area contributed by atoms with Crippen molar-refractivity contribution in [2.75, 3.05) is 33.4 Å². The average molecular weight is 237 g/mol. The predicted molar refractivity (Wildman–Crippen MR) is 57.5 cm³/mol. The Morgan fingerprint density at radius 1 is 1.53 bits per heavy atom. The van der Waals surface area contributed by atoms with Crippen molar-refractivity contribution >= 4 is 10.2 Å². The van der Waals surface area contributed by atoms with E-state index in [-0.39, 0.29) is 12.0 Å². The number of nitrogens with two attached hydrogens (primary N) is 1. The molecule has 15 heavy (non-hydrogen) atoms. The summed E-state index contributed by atoms with van der Waals surface area (Å²) in [4.78, 5) is 0. The van der Waals surface area contributed by atoms with E-state index in [1.165, 1.54) is 11.4 Å². The molecule has 0 aliphatic carbocycles. The lowest BCUT2D eigenvalue weighted by Crippen LogP contribution is -2.41. The van der Waals surface area contributed by atoms with Crippen LogP contribution in [0.1, 0.15) is 6.92 Å². The molecule has 6 nitrogen and oxygen atoms in total. The van der Waals surface area contributed by atoms with Gasteiger partial charge in [0, 0.05) is 32.8 Å². The standard InChI is InChI=1S/C8H19N3O3S/c1-7-5-11(6-8(7)9)15(12,13)10-3-4-14-2/h7-8,10H,3-6,9H2,1-2H3. The Balaban J connectivity index is 2.48. The van der Waals surface area contributed by atoms with Gasteiger partial charge in [0.15, 0.2) is 0 Å². The largest absolute Gasteiger partial charge is 0.383 e. The van der Waals surface area contributed by atoms with Crippen LogP contribution in [0.25, 0.3) is 0 Å². The second kappa shape index (κ2) is 5.22. The van der Waals surface area contributed by atoms with Gasteiger partial charge in [-0.2, -0.15) is 17.4 Å². The summed E-state index contributed by atoms with van der Waals surface area (Å²) in [5, 5.41) is 0. The molecule has 0 radical (unpaired) electrons. The van der Waals surface area contributed by atoms with Crippen LogP contribution in [0.5, 0.6) is 0 Å². The number of ether oxygens (including phenoxy) is 1. The van der Waals surface area contributed by atoms with Gasteiger partial charge in [0.1, 0.15) is 0 Å². The first-order chi connectivity index (χ1) is 6.97. The molecule has 0 amide bonds. The predicted octanol–water partition coefficient (Wildman–Crippen LogP) is -1.25. The second-order valence-corrected chi connectivity index (χ2v) is 5.61. The van der Waals surface area contributed by atoms with Crippen LogP contribution in [-0.4, -0.2) is 52.1 Å². The van der Waals surface area contributed by atoms with Crippen LogP contribution in [0.2, 0.25) is 0 Å². The van der Waals surface area contributed by atoms with Gasteiger partial charge in [0.25, 0.3) is 10.2 Å². The quantitative estimate of drug-likeness (QED) is 0.585. The van der Waals surface area contributed by atoms with Gasteiger partial charge in [0.05, 0.1) is 6.61 Å². The summed E-state index contributed by atoms with van der Waals surface area (Å²) >= 11 is 0. The highest BCUT2D eigenvalue weighted by atomic mass is 32.2. The summed E-state index contributed by atoms with van der Waals surface area (Å²) in [5.74, 6) is 0.212. The van der Waals surface area contributed by atoms with E-state index in [0.29, 0.717) is 26.2 Å². The number of nitrogens with zero attached hydrogens (tertiary/aromatic N) is 1. The van der Waals surface area contributed by atoms with Crippen molar-refractivity contribution in [3.63, 3.8) is 0 Å². The molecule has 1 rings (SSSR count). The van der Waals surface area contributed by atoms with Gasteiger partial charge in [-0.3, -0.25) is 0 Å². The van der Waals surface area contributed by atoms with E-state index in [1.807, 2.05) is 6.92 Å². The Hall–Kier alpha value is -0.210. The Morgan fingerprint density at radius 3 is 2.67 bits per heavy atom. The molecule has 0 aromatic heterocycles. The molecular formula is C8H19N3O3S. The molecule has 0 aromatic rings. The highest BCUT2D eigenvalue weighted by molar-refractivity contribution is 7.87. The zero-order valence-electron chi connectivity index (χ0n) is 9.14. The molecule has 1 heterocycles. The van der Waals surface area contributed by atoms with E-state index in [2.05, 4.69) is 4.72 Å². The van der Waals surface area contributed by atoms with E-state index in [9.17, 15) is 8.42 Å². The van der Waals surface area contributed by atoms with Crippen molar-refractivity contribution < 1.29 is 13.2 Å². The van der Waals surface area contributed by atoms with E-state index < -0.39 is 10.2 Å². The lowest BCUT2D eigenvalue weighted by atomic mass is 10.1. The van der Waals surface area contributed by atoms with Crippen molar-refractivity contribution in [1.29, 1.82) is 0 Å². The van der Waals surface area contributed by atoms with Crippen molar-refractivity contribution in [2.45, 2.75) is 13.0 Å². The van der Waals surface area contributed by atoms with Crippen molar-refractivity contribution in [2.24, 2.45) is 11.7 Å². The third kappa shape index (κ3) is 3.39. The first kappa shape index (κ1) is 12.9. The minimum Gasteiger partial charge on any atom is -0.383 e. The van der Waals surface area contributed by atoms with E-state index in [4.69, 9.17) is 10.5 Å². The van der Waals surface area contributed by atoms with Crippen molar-refractivity contribution in [3.05, 3.63) is 0 Å². The highest BCUT2D eigenvalue weighted by Crippen LogP contribution is 2.16. The Bertz CT molecular complexity index is 284. The fraction of sp³-hybridized carbons (Fsp3) is 1.00. The molecular weight excluding hydrogens is 218 g/mol. The number of nitrogens with one attached hydrogen (secondary N) is 1. The van der Waals surface area contributed by atoms with Crippen LogP contribution in [0.4, 0.5) is 0 Å². The molecule has 2 atom stereocenters. The minimum absolute atomic E-state index is 0.0657. The number of methoxy groups -OCH3 is 1. The zero-order valence-corrected chi connectivity index (χ0v) is 9.96. The summed E-state index contributed by atoms with van der Waals surface area (Å²) in [6, 6.07) is -0.0657. The topological polar surface area (TPSA) is 84.7 Å². The summed E-state index contributed by atoms with van der Waals surface area (Å²) < 4.78 is 32.0. The molecule has 3 N–H and O–H groups in total. The third-order valence-electron chi connectivity index (χ3n) is 2.57. The van der Waals surface area contributed by atoms with Crippen molar-refractivity contribution in [1.82, 2.24) is 9.03 Å². The maximum Gasteiger partial charge on any atom is 0.279 e. The summed E-state index contributed by atoms with van der Waals surface area (Å²) in [6.45, 7) is 3.50. The number of hydrogen-bond acceptors (Lipinski definition) is 4. The first-order valence-electron chi connectivity index (χ1n) is 4.96. The van der Waals surface area contributed by atoms with Gasteiger partial charge in [-0.25, -0.2) is 0 Å². The molecule has 0 aromatic carbocycles. The molecule has 1 aliphatic heterocycles. The van der Waals surface area contributed by atoms with E-state index >= 15 is 0 Å². The molecule has 1 saturated heterocycles. The minimum atomic E-state index is -3.37. The fourth-order valence-corrected chi connectivity index (χ4v) is 2.83. The third-order valence-corrected chi connectivity index (χ3v) is 4.11.